The van der Waals surface area contributed by atoms with Gasteiger partial charge in [0.1, 0.15) is 18.3 Å². The van der Waals surface area contributed by atoms with Crippen molar-refractivity contribution in [3.05, 3.63) is 23.8 Å². The molecule has 0 radical (unpaired) electrons. The SMILES string of the molecule is COC1C(C)=CC(CO)/C=C\C(O)C1O. The Labute approximate surface area is 89.5 Å². The second-order valence-corrected chi connectivity index (χ2v) is 3.78. The highest BCUT2D eigenvalue weighted by atomic mass is 16.5. The van der Waals surface area contributed by atoms with Gasteiger partial charge in [0.15, 0.2) is 0 Å². The van der Waals surface area contributed by atoms with Gasteiger partial charge in [0, 0.05) is 13.0 Å². The Bertz CT molecular complexity index is 259. The molecule has 0 fully saturated rings. The van der Waals surface area contributed by atoms with Crippen LogP contribution < -0.4 is 0 Å². The monoisotopic (exact) mass is 214 g/mol. The van der Waals surface area contributed by atoms with Crippen molar-refractivity contribution in [2.75, 3.05) is 13.7 Å². The van der Waals surface area contributed by atoms with Gasteiger partial charge < -0.3 is 20.1 Å². The van der Waals surface area contributed by atoms with Crippen LogP contribution in [0.1, 0.15) is 6.92 Å². The van der Waals surface area contributed by atoms with Crippen LogP contribution in [0.25, 0.3) is 0 Å². The molecular weight excluding hydrogens is 196 g/mol. The summed E-state index contributed by atoms with van der Waals surface area (Å²) in [5.41, 5.74) is 0.812. The normalized spacial score (nSPS) is 39.1. The highest BCUT2D eigenvalue weighted by Crippen LogP contribution is 2.19. The largest absolute Gasteiger partial charge is 0.395 e. The van der Waals surface area contributed by atoms with Gasteiger partial charge in [0.25, 0.3) is 0 Å². The Hall–Kier alpha value is -0.680. The van der Waals surface area contributed by atoms with Crippen molar-refractivity contribution < 1.29 is 20.1 Å². The van der Waals surface area contributed by atoms with E-state index < -0.39 is 18.3 Å². The molecule has 86 valence electrons. The first-order valence-corrected chi connectivity index (χ1v) is 4.96. The lowest BCUT2D eigenvalue weighted by atomic mass is 9.93. The molecule has 0 heterocycles. The highest BCUT2D eigenvalue weighted by molar-refractivity contribution is 5.18. The minimum absolute atomic E-state index is 0.0207. The van der Waals surface area contributed by atoms with E-state index in [1.165, 1.54) is 13.2 Å². The first-order valence-electron chi connectivity index (χ1n) is 4.96. The van der Waals surface area contributed by atoms with Crippen molar-refractivity contribution in [1.82, 2.24) is 0 Å². The lowest BCUT2D eigenvalue weighted by Gasteiger charge is -2.27. The van der Waals surface area contributed by atoms with Crippen molar-refractivity contribution in [3.63, 3.8) is 0 Å². The fourth-order valence-electron chi connectivity index (χ4n) is 1.75. The molecule has 1 aliphatic carbocycles. The molecule has 0 aromatic rings. The van der Waals surface area contributed by atoms with E-state index in [0.717, 1.165) is 5.57 Å². The van der Waals surface area contributed by atoms with E-state index in [9.17, 15) is 10.2 Å². The van der Waals surface area contributed by atoms with Gasteiger partial charge in [-0.15, -0.1) is 0 Å². The van der Waals surface area contributed by atoms with Gasteiger partial charge >= 0.3 is 0 Å². The van der Waals surface area contributed by atoms with Crippen molar-refractivity contribution >= 4 is 0 Å². The van der Waals surface area contributed by atoms with Gasteiger partial charge in [0.2, 0.25) is 0 Å². The molecule has 0 saturated carbocycles. The fraction of sp³-hybridized carbons (Fsp3) is 0.636. The van der Waals surface area contributed by atoms with Crippen molar-refractivity contribution in [3.8, 4) is 0 Å². The first-order chi connectivity index (χ1) is 7.10. The van der Waals surface area contributed by atoms with Gasteiger partial charge in [-0.2, -0.15) is 0 Å². The predicted molar refractivity (Wildman–Crippen MR) is 56.3 cm³/mol. The smallest absolute Gasteiger partial charge is 0.113 e. The van der Waals surface area contributed by atoms with Crippen LogP contribution in [0.2, 0.25) is 0 Å². The number of methoxy groups -OCH3 is 1. The number of hydrogen-bond donors (Lipinski definition) is 3. The fourth-order valence-corrected chi connectivity index (χ4v) is 1.75. The second kappa shape index (κ2) is 5.42. The quantitative estimate of drug-likeness (QED) is 0.559. The maximum Gasteiger partial charge on any atom is 0.113 e. The second-order valence-electron chi connectivity index (χ2n) is 3.78. The maximum absolute atomic E-state index is 9.74. The first kappa shape index (κ1) is 12.4. The maximum atomic E-state index is 9.74. The van der Waals surface area contributed by atoms with E-state index in [2.05, 4.69) is 0 Å². The number of ether oxygens (including phenoxy) is 1. The predicted octanol–water partition coefficient (Wildman–Crippen LogP) is -0.152. The van der Waals surface area contributed by atoms with E-state index in [1.54, 1.807) is 6.08 Å². The van der Waals surface area contributed by atoms with Crippen LogP contribution in [0.15, 0.2) is 23.8 Å². The average Bonchev–Trinajstić information content (AvgIpc) is 2.22. The zero-order valence-electron chi connectivity index (χ0n) is 9.00. The molecule has 1 rings (SSSR count). The summed E-state index contributed by atoms with van der Waals surface area (Å²) in [6, 6.07) is 0. The Morgan fingerprint density at radius 3 is 2.53 bits per heavy atom. The summed E-state index contributed by atoms with van der Waals surface area (Å²) in [7, 11) is 1.48. The van der Waals surface area contributed by atoms with Crippen LogP contribution in [-0.2, 0) is 4.74 Å². The van der Waals surface area contributed by atoms with Crippen LogP contribution in [0.4, 0.5) is 0 Å². The molecule has 0 spiro atoms. The van der Waals surface area contributed by atoms with Crippen molar-refractivity contribution in [2.24, 2.45) is 5.92 Å². The van der Waals surface area contributed by atoms with Crippen LogP contribution >= 0.6 is 0 Å². The van der Waals surface area contributed by atoms with E-state index in [1.807, 2.05) is 13.0 Å². The third kappa shape index (κ3) is 2.89. The molecular formula is C11H18O4. The Kier molecular flexibility index (Phi) is 4.47. The molecule has 4 heteroatoms. The van der Waals surface area contributed by atoms with Gasteiger partial charge in [-0.1, -0.05) is 18.2 Å². The minimum atomic E-state index is -0.970. The Morgan fingerprint density at radius 1 is 1.33 bits per heavy atom. The Morgan fingerprint density at radius 2 is 2.00 bits per heavy atom. The number of aliphatic hydroxyl groups excluding tert-OH is 3. The summed E-state index contributed by atoms with van der Waals surface area (Å²) in [6.45, 7) is 1.79. The zero-order valence-corrected chi connectivity index (χ0v) is 9.00. The molecule has 3 N–H and O–H groups in total. The van der Waals surface area contributed by atoms with Crippen molar-refractivity contribution in [2.45, 2.75) is 25.2 Å². The lowest BCUT2D eigenvalue weighted by Crippen LogP contribution is -2.39. The van der Waals surface area contributed by atoms with Crippen LogP contribution in [0, 0.1) is 5.92 Å². The van der Waals surface area contributed by atoms with E-state index >= 15 is 0 Å². The van der Waals surface area contributed by atoms with E-state index in [4.69, 9.17) is 9.84 Å². The van der Waals surface area contributed by atoms with Crippen LogP contribution in [0.5, 0.6) is 0 Å². The standard InChI is InChI=1S/C11H18O4/c1-7-5-8(6-12)3-4-9(13)10(14)11(7)15-2/h3-5,8-14H,6H2,1-2H3/b4-3-,7-5?. The van der Waals surface area contributed by atoms with Gasteiger partial charge in [-0.05, 0) is 12.5 Å². The zero-order chi connectivity index (χ0) is 11.4. The molecule has 15 heavy (non-hydrogen) atoms. The highest BCUT2D eigenvalue weighted by Gasteiger charge is 2.27. The molecule has 0 aromatic heterocycles. The lowest BCUT2D eigenvalue weighted by molar-refractivity contribution is -0.0446. The molecule has 0 saturated heterocycles. The summed E-state index contributed by atoms with van der Waals surface area (Å²) in [6.07, 6.45) is 2.54. The Balaban J connectivity index is 2.94. The third-order valence-electron chi connectivity index (χ3n) is 2.61. The number of aliphatic hydroxyl groups is 3. The van der Waals surface area contributed by atoms with Gasteiger partial charge in [-0.25, -0.2) is 0 Å². The molecule has 0 amide bonds. The molecule has 0 bridgehead atoms. The molecule has 0 aromatic carbocycles. The topological polar surface area (TPSA) is 69.9 Å². The third-order valence-corrected chi connectivity index (χ3v) is 2.61. The van der Waals surface area contributed by atoms with Crippen LogP contribution in [-0.4, -0.2) is 47.3 Å². The van der Waals surface area contributed by atoms with E-state index in [-0.39, 0.29) is 12.5 Å². The number of hydrogen-bond acceptors (Lipinski definition) is 4. The summed E-state index contributed by atoms with van der Waals surface area (Å²) in [5, 5.41) is 28.4. The molecule has 0 aliphatic heterocycles. The van der Waals surface area contributed by atoms with Gasteiger partial charge in [-0.3, -0.25) is 0 Å². The molecule has 4 nitrogen and oxygen atoms in total. The molecule has 4 atom stereocenters. The summed E-state index contributed by atoms with van der Waals surface area (Å²) in [4.78, 5) is 0. The summed E-state index contributed by atoms with van der Waals surface area (Å²) >= 11 is 0. The number of rotatable bonds is 2. The molecule has 4 unspecified atom stereocenters. The summed E-state index contributed by atoms with van der Waals surface area (Å²) in [5.74, 6) is -0.134. The average molecular weight is 214 g/mol. The molecule has 1 aliphatic rings. The van der Waals surface area contributed by atoms with Crippen molar-refractivity contribution in [1.29, 1.82) is 0 Å². The van der Waals surface area contributed by atoms with E-state index in [0.29, 0.717) is 0 Å². The van der Waals surface area contributed by atoms with Gasteiger partial charge in [0.05, 0.1) is 6.61 Å². The summed E-state index contributed by atoms with van der Waals surface area (Å²) < 4.78 is 5.12. The van der Waals surface area contributed by atoms with Crippen LogP contribution in [0.3, 0.4) is 0 Å². The minimum Gasteiger partial charge on any atom is -0.395 e.